The highest BCUT2D eigenvalue weighted by Gasteiger charge is 2.41. The maximum Gasteiger partial charge on any atom is 0.307 e. The molecule has 2 atom stereocenters. The third-order valence-electron chi connectivity index (χ3n) is 3.22. The molecule has 0 aromatic carbocycles. The Bertz CT molecular complexity index is 402. The number of rotatable bonds is 5. The minimum atomic E-state index is -0.853. The van der Waals surface area contributed by atoms with E-state index in [1.807, 2.05) is 11.4 Å². The highest BCUT2D eigenvalue weighted by Crippen LogP contribution is 2.34. The summed E-state index contributed by atoms with van der Waals surface area (Å²) in [6, 6.07) is 2.03. The Hall–Kier alpha value is -1.36. The first-order valence-electron chi connectivity index (χ1n) is 5.70. The van der Waals surface area contributed by atoms with Gasteiger partial charge in [-0.05, 0) is 41.7 Å². The van der Waals surface area contributed by atoms with Gasteiger partial charge in [-0.3, -0.25) is 9.59 Å². The smallest absolute Gasteiger partial charge is 0.307 e. The fraction of sp³-hybridized carbons (Fsp3) is 0.500. The average molecular weight is 253 g/mol. The molecular weight excluding hydrogens is 238 g/mol. The molecule has 4 nitrogen and oxygen atoms in total. The number of thiophene rings is 1. The minimum Gasteiger partial charge on any atom is -0.481 e. The van der Waals surface area contributed by atoms with Crippen molar-refractivity contribution in [3.63, 3.8) is 0 Å². The summed E-state index contributed by atoms with van der Waals surface area (Å²) in [7, 11) is 0. The first-order valence-corrected chi connectivity index (χ1v) is 6.64. The van der Waals surface area contributed by atoms with Crippen LogP contribution in [0.1, 0.15) is 18.4 Å². The molecule has 17 heavy (non-hydrogen) atoms. The lowest BCUT2D eigenvalue weighted by molar-refractivity contribution is -0.152. The van der Waals surface area contributed by atoms with Gasteiger partial charge in [0.05, 0.1) is 11.8 Å². The fourth-order valence-corrected chi connectivity index (χ4v) is 2.71. The molecule has 1 aliphatic rings. The van der Waals surface area contributed by atoms with Crippen molar-refractivity contribution >= 4 is 23.2 Å². The minimum absolute atomic E-state index is 0.112. The number of amides is 1. The molecule has 5 heteroatoms. The molecule has 1 fully saturated rings. The predicted molar refractivity (Wildman–Crippen MR) is 64.9 cm³/mol. The second-order valence-electron chi connectivity index (χ2n) is 4.30. The van der Waals surface area contributed by atoms with E-state index in [4.69, 9.17) is 5.11 Å². The standard InChI is InChI=1S/C12H15NO3S/c14-11(9-1-2-10(9)12(15)16)13-5-3-8-4-6-17-7-8/h4,6-7,9-10H,1-3,5H2,(H,13,14)(H,15,16). The van der Waals surface area contributed by atoms with Crippen LogP contribution < -0.4 is 5.32 Å². The molecule has 0 spiro atoms. The number of hydrogen-bond donors (Lipinski definition) is 2. The summed E-state index contributed by atoms with van der Waals surface area (Å²) in [5.74, 6) is -1.76. The second kappa shape index (κ2) is 5.31. The van der Waals surface area contributed by atoms with E-state index >= 15 is 0 Å². The normalized spacial score (nSPS) is 22.8. The number of carbonyl (C=O) groups is 2. The van der Waals surface area contributed by atoms with E-state index in [1.54, 1.807) is 11.3 Å². The van der Waals surface area contributed by atoms with E-state index in [1.165, 1.54) is 5.56 Å². The second-order valence-corrected chi connectivity index (χ2v) is 5.08. The van der Waals surface area contributed by atoms with Gasteiger partial charge < -0.3 is 10.4 Å². The van der Waals surface area contributed by atoms with Crippen LogP contribution in [0.4, 0.5) is 0 Å². The van der Waals surface area contributed by atoms with Crippen molar-refractivity contribution < 1.29 is 14.7 Å². The fourth-order valence-electron chi connectivity index (χ4n) is 2.01. The lowest BCUT2D eigenvalue weighted by Crippen LogP contribution is -2.44. The zero-order valence-electron chi connectivity index (χ0n) is 9.39. The number of hydrogen-bond acceptors (Lipinski definition) is 3. The Balaban J connectivity index is 1.72. The Kier molecular flexibility index (Phi) is 3.78. The van der Waals surface area contributed by atoms with Crippen molar-refractivity contribution in [2.24, 2.45) is 11.8 Å². The van der Waals surface area contributed by atoms with Crippen LogP contribution in [0, 0.1) is 11.8 Å². The summed E-state index contributed by atoms with van der Waals surface area (Å²) in [6.45, 7) is 0.582. The number of aliphatic carboxylic acids is 1. The van der Waals surface area contributed by atoms with Crippen molar-refractivity contribution in [2.45, 2.75) is 19.3 Å². The highest BCUT2D eigenvalue weighted by molar-refractivity contribution is 7.07. The summed E-state index contributed by atoms with van der Waals surface area (Å²) >= 11 is 1.63. The van der Waals surface area contributed by atoms with Crippen LogP contribution in [0.5, 0.6) is 0 Å². The number of carboxylic acids is 1. The molecule has 1 aromatic heterocycles. The molecule has 1 amide bonds. The molecule has 0 bridgehead atoms. The van der Waals surface area contributed by atoms with E-state index < -0.39 is 11.9 Å². The molecule has 92 valence electrons. The molecule has 2 unspecified atom stereocenters. The predicted octanol–water partition coefficient (Wildman–Crippen LogP) is 1.52. The molecule has 0 saturated heterocycles. The van der Waals surface area contributed by atoms with Gasteiger partial charge in [-0.2, -0.15) is 11.3 Å². The summed E-state index contributed by atoms with van der Waals surface area (Å²) in [4.78, 5) is 22.5. The summed E-state index contributed by atoms with van der Waals surface area (Å²) in [6.07, 6.45) is 2.12. The third kappa shape index (κ3) is 2.85. The van der Waals surface area contributed by atoms with Gasteiger partial charge in [-0.15, -0.1) is 0 Å². The Labute approximate surface area is 104 Å². The van der Waals surface area contributed by atoms with Crippen LogP contribution in [-0.2, 0) is 16.0 Å². The molecule has 0 radical (unpaired) electrons. The van der Waals surface area contributed by atoms with E-state index in [-0.39, 0.29) is 11.8 Å². The monoisotopic (exact) mass is 253 g/mol. The molecular formula is C12H15NO3S. The number of nitrogens with one attached hydrogen (secondary N) is 1. The Morgan fingerprint density at radius 3 is 2.71 bits per heavy atom. The molecule has 0 aliphatic heterocycles. The Morgan fingerprint density at radius 1 is 1.41 bits per heavy atom. The molecule has 1 heterocycles. The first-order chi connectivity index (χ1) is 8.18. The quantitative estimate of drug-likeness (QED) is 0.836. The Morgan fingerprint density at radius 2 is 2.18 bits per heavy atom. The van der Waals surface area contributed by atoms with E-state index in [0.29, 0.717) is 19.4 Å². The lowest BCUT2D eigenvalue weighted by Gasteiger charge is -2.31. The number of carbonyl (C=O) groups excluding carboxylic acids is 1. The molecule has 2 N–H and O–H groups in total. The zero-order chi connectivity index (χ0) is 12.3. The van der Waals surface area contributed by atoms with Crippen molar-refractivity contribution in [3.8, 4) is 0 Å². The highest BCUT2D eigenvalue weighted by atomic mass is 32.1. The SMILES string of the molecule is O=C(O)C1CCC1C(=O)NCCc1ccsc1. The summed E-state index contributed by atoms with van der Waals surface area (Å²) in [5.41, 5.74) is 1.21. The molecule has 1 saturated carbocycles. The van der Waals surface area contributed by atoms with Gasteiger partial charge in [-0.1, -0.05) is 0 Å². The largest absolute Gasteiger partial charge is 0.481 e. The van der Waals surface area contributed by atoms with Gasteiger partial charge in [0.1, 0.15) is 0 Å². The zero-order valence-corrected chi connectivity index (χ0v) is 10.2. The van der Waals surface area contributed by atoms with Gasteiger partial charge in [0, 0.05) is 6.54 Å². The van der Waals surface area contributed by atoms with Gasteiger partial charge in [0.15, 0.2) is 0 Å². The van der Waals surface area contributed by atoms with Crippen molar-refractivity contribution in [2.75, 3.05) is 6.54 Å². The van der Waals surface area contributed by atoms with Crippen LogP contribution in [0.3, 0.4) is 0 Å². The summed E-state index contributed by atoms with van der Waals surface area (Å²) < 4.78 is 0. The van der Waals surface area contributed by atoms with Gasteiger partial charge >= 0.3 is 5.97 Å². The van der Waals surface area contributed by atoms with Gasteiger partial charge in [0.25, 0.3) is 0 Å². The van der Waals surface area contributed by atoms with Crippen molar-refractivity contribution in [3.05, 3.63) is 22.4 Å². The van der Waals surface area contributed by atoms with Gasteiger partial charge in [-0.25, -0.2) is 0 Å². The molecule has 1 aromatic rings. The van der Waals surface area contributed by atoms with Crippen LogP contribution in [-0.4, -0.2) is 23.5 Å². The number of carboxylic acid groups (broad SMARTS) is 1. The maximum atomic E-state index is 11.7. The van der Waals surface area contributed by atoms with E-state index in [2.05, 4.69) is 10.7 Å². The summed E-state index contributed by atoms with van der Waals surface area (Å²) in [5, 5.41) is 15.7. The maximum absolute atomic E-state index is 11.7. The van der Waals surface area contributed by atoms with Crippen LogP contribution in [0.25, 0.3) is 0 Å². The van der Waals surface area contributed by atoms with Crippen molar-refractivity contribution in [1.82, 2.24) is 5.32 Å². The third-order valence-corrected chi connectivity index (χ3v) is 3.95. The van der Waals surface area contributed by atoms with Crippen LogP contribution in [0.2, 0.25) is 0 Å². The average Bonchev–Trinajstić information content (AvgIpc) is 2.67. The van der Waals surface area contributed by atoms with Crippen molar-refractivity contribution in [1.29, 1.82) is 0 Å². The van der Waals surface area contributed by atoms with Crippen LogP contribution in [0.15, 0.2) is 16.8 Å². The topological polar surface area (TPSA) is 66.4 Å². The first kappa shape index (κ1) is 12.1. The van der Waals surface area contributed by atoms with Crippen LogP contribution >= 0.6 is 11.3 Å². The lowest BCUT2D eigenvalue weighted by atomic mass is 9.73. The van der Waals surface area contributed by atoms with Gasteiger partial charge in [0.2, 0.25) is 5.91 Å². The molecule has 1 aliphatic carbocycles. The molecule has 2 rings (SSSR count). The van der Waals surface area contributed by atoms with E-state index in [9.17, 15) is 9.59 Å². The van der Waals surface area contributed by atoms with E-state index in [0.717, 1.165) is 6.42 Å².